The summed E-state index contributed by atoms with van der Waals surface area (Å²) in [6.45, 7) is 1.47. The molecule has 0 radical (unpaired) electrons. The number of halogens is 2. The van der Waals surface area contributed by atoms with Crippen molar-refractivity contribution in [2.45, 2.75) is 6.54 Å². The summed E-state index contributed by atoms with van der Waals surface area (Å²) in [5.41, 5.74) is 0. The van der Waals surface area contributed by atoms with Gasteiger partial charge in [0, 0.05) is 32.1 Å². The predicted molar refractivity (Wildman–Crippen MR) is 100 cm³/mol. The highest BCUT2D eigenvalue weighted by Gasteiger charge is 2.08. The van der Waals surface area contributed by atoms with Crippen LogP contribution in [0.5, 0.6) is 0 Å². The summed E-state index contributed by atoms with van der Waals surface area (Å²) in [5.74, 6) is 0.699. The number of sulfonamides is 1. The van der Waals surface area contributed by atoms with Gasteiger partial charge in [0.15, 0.2) is 5.96 Å². The maximum absolute atomic E-state index is 10.9. The van der Waals surface area contributed by atoms with E-state index in [1.807, 2.05) is 24.1 Å². The lowest BCUT2D eigenvalue weighted by molar-refractivity contribution is 0.481. The smallest absolute Gasteiger partial charge is 0.208 e. The van der Waals surface area contributed by atoms with Gasteiger partial charge in [0.1, 0.15) is 0 Å². The van der Waals surface area contributed by atoms with Crippen molar-refractivity contribution < 1.29 is 8.42 Å². The Morgan fingerprint density at radius 3 is 2.57 bits per heavy atom. The van der Waals surface area contributed by atoms with Crippen LogP contribution >= 0.6 is 46.9 Å². The molecule has 1 rings (SSSR count). The average Bonchev–Trinajstić information content (AvgIpc) is 2.73. The molecule has 0 aliphatic carbocycles. The molecule has 10 heteroatoms. The maximum atomic E-state index is 10.9. The molecular formula is C11H20ClIN4O2S2. The van der Waals surface area contributed by atoms with Crippen LogP contribution in [0.25, 0.3) is 0 Å². The van der Waals surface area contributed by atoms with Crippen LogP contribution in [0.15, 0.2) is 17.1 Å². The van der Waals surface area contributed by atoms with Crippen LogP contribution in [-0.4, -0.2) is 52.7 Å². The molecule has 0 amide bonds. The molecule has 0 unspecified atom stereocenters. The summed E-state index contributed by atoms with van der Waals surface area (Å²) >= 11 is 7.42. The van der Waals surface area contributed by atoms with E-state index < -0.39 is 10.0 Å². The van der Waals surface area contributed by atoms with Gasteiger partial charge in [-0.2, -0.15) is 0 Å². The standard InChI is InChI=1S/C11H19ClN4O2S2.HI/c1-13-11(14-6-7-15-20(3,17)18)16(2)8-9-4-5-10(12)19-9;/h4-5,15H,6-8H2,1-3H3,(H,13,14);1H. The van der Waals surface area contributed by atoms with Crippen molar-refractivity contribution in [1.29, 1.82) is 0 Å². The fourth-order valence-corrected chi connectivity index (χ4v) is 3.15. The van der Waals surface area contributed by atoms with E-state index in [2.05, 4.69) is 15.0 Å². The minimum Gasteiger partial charge on any atom is -0.355 e. The van der Waals surface area contributed by atoms with Crippen molar-refractivity contribution >= 4 is 62.9 Å². The first-order valence-corrected chi connectivity index (χ1v) is 9.01. The molecule has 0 saturated heterocycles. The highest BCUT2D eigenvalue weighted by Crippen LogP contribution is 2.22. The SMILES string of the molecule is CN=C(NCCNS(C)(=O)=O)N(C)Cc1ccc(Cl)s1.I. The minimum absolute atomic E-state index is 0. The third-order valence-electron chi connectivity index (χ3n) is 2.37. The van der Waals surface area contributed by atoms with Crippen molar-refractivity contribution in [2.75, 3.05) is 33.4 Å². The van der Waals surface area contributed by atoms with Gasteiger partial charge in [-0.3, -0.25) is 4.99 Å². The van der Waals surface area contributed by atoms with E-state index in [0.717, 1.165) is 15.5 Å². The zero-order chi connectivity index (χ0) is 15.2. The lowest BCUT2D eigenvalue weighted by atomic mass is 10.4. The van der Waals surface area contributed by atoms with Crippen LogP contribution in [0.1, 0.15) is 4.88 Å². The number of thiophene rings is 1. The Labute approximate surface area is 152 Å². The van der Waals surface area contributed by atoms with Crippen molar-refractivity contribution in [2.24, 2.45) is 4.99 Å². The van der Waals surface area contributed by atoms with E-state index in [0.29, 0.717) is 25.6 Å². The molecule has 0 aromatic carbocycles. The number of hydrogen-bond acceptors (Lipinski definition) is 4. The topological polar surface area (TPSA) is 73.8 Å². The molecule has 0 bridgehead atoms. The van der Waals surface area contributed by atoms with Crippen molar-refractivity contribution in [3.63, 3.8) is 0 Å². The Bertz CT molecular complexity index is 562. The Morgan fingerprint density at radius 2 is 2.10 bits per heavy atom. The average molecular weight is 467 g/mol. The van der Waals surface area contributed by atoms with E-state index in [1.54, 1.807) is 7.05 Å². The lowest BCUT2D eigenvalue weighted by Gasteiger charge is -2.21. The first kappa shape index (κ1) is 20.9. The molecule has 0 saturated carbocycles. The Balaban J connectivity index is 0.00000400. The molecule has 0 aliphatic heterocycles. The Kier molecular flexibility index (Phi) is 9.78. The lowest BCUT2D eigenvalue weighted by Crippen LogP contribution is -2.41. The van der Waals surface area contributed by atoms with Gasteiger partial charge in [-0.1, -0.05) is 11.6 Å². The molecule has 21 heavy (non-hydrogen) atoms. The van der Waals surface area contributed by atoms with Gasteiger partial charge in [-0.25, -0.2) is 13.1 Å². The zero-order valence-electron chi connectivity index (χ0n) is 12.1. The van der Waals surface area contributed by atoms with Gasteiger partial charge in [-0.05, 0) is 12.1 Å². The van der Waals surface area contributed by atoms with Crippen LogP contribution in [-0.2, 0) is 16.6 Å². The molecule has 2 N–H and O–H groups in total. The maximum Gasteiger partial charge on any atom is 0.208 e. The number of aliphatic imine (C=N–C) groups is 1. The Morgan fingerprint density at radius 1 is 1.43 bits per heavy atom. The molecule has 0 aliphatic rings. The third kappa shape index (κ3) is 8.81. The summed E-state index contributed by atoms with van der Waals surface area (Å²) < 4.78 is 25.0. The summed E-state index contributed by atoms with van der Waals surface area (Å²) in [5, 5.41) is 3.09. The number of hydrogen-bond donors (Lipinski definition) is 2. The second-order valence-electron chi connectivity index (χ2n) is 4.20. The van der Waals surface area contributed by atoms with E-state index in [9.17, 15) is 8.42 Å². The normalized spacial score (nSPS) is 11.9. The van der Waals surface area contributed by atoms with Crippen molar-refractivity contribution in [3.8, 4) is 0 Å². The summed E-state index contributed by atoms with van der Waals surface area (Å²) in [6, 6.07) is 3.84. The molecule has 6 nitrogen and oxygen atoms in total. The van der Waals surface area contributed by atoms with E-state index >= 15 is 0 Å². The van der Waals surface area contributed by atoms with E-state index in [1.165, 1.54) is 11.3 Å². The van der Waals surface area contributed by atoms with Crippen LogP contribution in [0, 0.1) is 0 Å². The summed E-state index contributed by atoms with van der Waals surface area (Å²) in [6.07, 6.45) is 1.13. The first-order chi connectivity index (χ1) is 9.31. The fraction of sp³-hybridized carbons (Fsp3) is 0.545. The monoisotopic (exact) mass is 466 g/mol. The largest absolute Gasteiger partial charge is 0.355 e. The number of guanidine groups is 1. The highest BCUT2D eigenvalue weighted by molar-refractivity contribution is 14.0. The molecular weight excluding hydrogens is 447 g/mol. The van der Waals surface area contributed by atoms with Crippen LogP contribution in [0.4, 0.5) is 0 Å². The van der Waals surface area contributed by atoms with Gasteiger partial charge in [0.2, 0.25) is 10.0 Å². The fourth-order valence-electron chi connectivity index (χ4n) is 1.54. The molecule has 0 spiro atoms. The molecule has 1 aromatic heterocycles. The Hall–Kier alpha value is -0.1000. The van der Waals surface area contributed by atoms with Gasteiger partial charge < -0.3 is 10.2 Å². The number of nitrogens with zero attached hydrogens (tertiary/aromatic N) is 2. The van der Waals surface area contributed by atoms with Crippen molar-refractivity contribution in [3.05, 3.63) is 21.3 Å². The molecule has 0 atom stereocenters. The van der Waals surface area contributed by atoms with Crippen molar-refractivity contribution in [1.82, 2.24) is 14.9 Å². The van der Waals surface area contributed by atoms with Crippen LogP contribution < -0.4 is 10.0 Å². The van der Waals surface area contributed by atoms with Crippen LogP contribution in [0.3, 0.4) is 0 Å². The summed E-state index contributed by atoms with van der Waals surface area (Å²) in [7, 11) is 0.443. The highest BCUT2D eigenvalue weighted by atomic mass is 127. The minimum atomic E-state index is -3.15. The van der Waals surface area contributed by atoms with Gasteiger partial charge >= 0.3 is 0 Å². The number of rotatable bonds is 6. The zero-order valence-corrected chi connectivity index (χ0v) is 16.8. The second kappa shape index (κ2) is 9.82. The number of nitrogens with one attached hydrogen (secondary N) is 2. The van der Waals surface area contributed by atoms with Gasteiger partial charge in [0.05, 0.1) is 17.1 Å². The second-order valence-corrected chi connectivity index (χ2v) is 7.84. The first-order valence-electron chi connectivity index (χ1n) is 5.92. The molecule has 1 aromatic rings. The third-order valence-corrected chi connectivity index (χ3v) is 4.31. The quantitative estimate of drug-likeness (QED) is 0.289. The van der Waals surface area contributed by atoms with Gasteiger partial charge in [-0.15, -0.1) is 35.3 Å². The predicted octanol–water partition coefficient (Wildman–Crippen LogP) is 1.58. The van der Waals surface area contributed by atoms with E-state index in [-0.39, 0.29) is 24.0 Å². The molecule has 0 fully saturated rings. The molecule has 1 heterocycles. The van der Waals surface area contributed by atoms with Gasteiger partial charge in [0.25, 0.3) is 0 Å². The molecule has 122 valence electrons. The summed E-state index contributed by atoms with van der Waals surface area (Å²) in [4.78, 5) is 7.23. The van der Waals surface area contributed by atoms with Crippen LogP contribution in [0.2, 0.25) is 4.34 Å². The van der Waals surface area contributed by atoms with E-state index in [4.69, 9.17) is 11.6 Å².